The lowest BCUT2D eigenvalue weighted by Crippen LogP contribution is -2.43. The zero-order chi connectivity index (χ0) is 19.5. The smallest absolute Gasteiger partial charge is 0.420 e. The molecule has 1 atom stereocenters. The van der Waals surface area contributed by atoms with Crippen LogP contribution in [0.25, 0.3) is 11.3 Å². The highest BCUT2D eigenvalue weighted by Gasteiger charge is 2.36. The van der Waals surface area contributed by atoms with Crippen LogP contribution in [0, 0.1) is 12.8 Å². The van der Waals surface area contributed by atoms with Crippen molar-refractivity contribution in [3.63, 3.8) is 0 Å². The first-order valence-corrected chi connectivity index (χ1v) is 8.40. The highest BCUT2D eigenvalue weighted by atomic mass is 19.4. The predicted molar refractivity (Wildman–Crippen MR) is 94.7 cm³/mol. The van der Waals surface area contributed by atoms with Gasteiger partial charge in [0.1, 0.15) is 17.9 Å². The summed E-state index contributed by atoms with van der Waals surface area (Å²) in [6, 6.07) is 4.30. The number of rotatable bonds is 6. The van der Waals surface area contributed by atoms with Crippen LogP contribution >= 0.6 is 0 Å². The number of ether oxygens (including phenoxy) is 1. The Balaban J connectivity index is 2.32. The molecule has 2 aromatic rings. The number of aromatic nitrogens is 2. The predicted octanol–water partition coefficient (Wildman–Crippen LogP) is 4.61. The molecule has 0 aliphatic carbocycles. The number of halogens is 3. The van der Waals surface area contributed by atoms with E-state index >= 15 is 0 Å². The summed E-state index contributed by atoms with van der Waals surface area (Å²) in [5, 5.41) is 0. The topological polar surface area (TPSA) is 61.0 Å². The maximum atomic E-state index is 13.5. The third-order valence-electron chi connectivity index (χ3n) is 3.80. The van der Waals surface area contributed by atoms with Crippen molar-refractivity contribution in [3.05, 3.63) is 41.9 Å². The number of hydrogen-bond acceptors (Lipinski definition) is 4. The van der Waals surface area contributed by atoms with Crippen LogP contribution in [0.2, 0.25) is 0 Å². The molecule has 0 saturated heterocycles. The van der Waals surface area contributed by atoms with Gasteiger partial charge in [-0.25, -0.2) is 0 Å². The molecule has 2 heterocycles. The highest BCUT2D eigenvalue weighted by Crippen LogP contribution is 2.38. The Labute approximate surface area is 151 Å². The minimum Gasteiger partial charge on any atom is -0.489 e. The number of nitrogens with zero attached hydrogens (tertiary/aromatic N) is 2. The van der Waals surface area contributed by atoms with Gasteiger partial charge < -0.3 is 10.5 Å². The van der Waals surface area contributed by atoms with E-state index in [0.29, 0.717) is 23.6 Å². The Hall–Kier alpha value is -2.15. The Kier molecular flexibility index (Phi) is 5.91. The van der Waals surface area contributed by atoms with E-state index in [-0.39, 0.29) is 18.1 Å². The Morgan fingerprint density at radius 1 is 1.19 bits per heavy atom. The van der Waals surface area contributed by atoms with Gasteiger partial charge in [-0.15, -0.1) is 0 Å². The minimum absolute atomic E-state index is 0.0242. The average molecular weight is 367 g/mol. The van der Waals surface area contributed by atoms with Crippen LogP contribution < -0.4 is 10.5 Å². The number of pyridine rings is 2. The maximum Gasteiger partial charge on any atom is 0.420 e. The van der Waals surface area contributed by atoms with Gasteiger partial charge in [0.2, 0.25) is 0 Å². The van der Waals surface area contributed by atoms with E-state index in [0.717, 1.165) is 12.3 Å². The van der Waals surface area contributed by atoms with E-state index in [4.69, 9.17) is 10.5 Å². The molecule has 0 aromatic carbocycles. The van der Waals surface area contributed by atoms with E-state index in [9.17, 15) is 13.2 Å². The first-order valence-electron chi connectivity index (χ1n) is 8.40. The van der Waals surface area contributed by atoms with Gasteiger partial charge in [-0.2, -0.15) is 13.2 Å². The molecule has 0 spiro atoms. The lowest BCUT2D eigenvalue weighted by molar-refractivity contribution is -0.139. The van der Waals surface area contributed by atoms with Crippen molar-refractivity contribution in [3.8, 4) is 17.0 Å². The molecule has 0 fully saturated rings. The third-order valence-corrected chi connectivity index (χ3v) is 3.80. The second-order valence-electron chi connectivity index (χ2n) is 7.29. The molecule has 0 amide bonds. The van der Waals surface area contributed by atoms with Gasteiger partial charge in [0.25, 0.3) is 0 Å². The van der Waals surface area contributed by atoms with Gasteiger partial charge in [-0.3, -0.25) is 9.97 Å². The Bertz CT molecular complexity index is 758. The molecule has 26 heavy (non-hydrogen) atoms. The molecule has 0 radical (unpaired) electrons. The van der Waals surface area contributed by atoms with Crippen LogP contribution in [0.1, 0.15) is 38.4 Å². The molecule has 0 saturated carbocycles. The molecule has 2 aromatic heterocycles. The van der Waals surface area contributed by atoms with Crippen molar-refractivity contribution in [2.45, 2.75) is 45.8 Å². The Morgan fingerprint density at radius 2 is 1.88 bits per heavy atom. The zero-order valence-electron chi connectivity index (χ0n) is 15.4. The van der Waals surface area contributed by atoms with Gasteiger partial charge in [0.05, 0.1) is 11.9 Å². The van der Waals surface area contributed by atoms with Crippen molar-refractivity contribution in [2.24, 2.45) is 11.7 Å². The van der Waals surface area contributed by atoms with Crippen molar-refractivity contribution in [2.75, 3.05) is 6.61 Å². The second-order valence-corrected chi connectivity index (χ2v) is 7.29. The van der Waals surface area contributed by atoms with E-state index in [1.807, 2.05) is 13.8 Å². The van der Waals surface area contributed by atoms with Crippen LogP contribution in [0.15, 0.2) is 30.6 Å². The summed E-state index contributed by atoms with van der Waals surface area (Å²) in [6.07, 6.45) is -1.27. The summed E-state index contributed by atoms with van der Waals surface area (Å²) in [4.78, 5) is 8.18. The van der Waals surface area contributed by atoms with E-state index in [1.54, 1.807) is 26.0 Å². The van der Waals surface area contributed by atoms with E-state index in [2.05, 4.69) is 9.97 Å². The normalized spacial score (nSPS) is 14.3. The lowest BCUT2D eigenvalue weighted by atomic mass is 9.93. The van der Waals surface area contributed by atoms with Crippen LogP contribution in [-0.4, -0.2) is 22.1 Å². The standard InChI is InChI=1S/C19H24F3N3O/c1-12(2)9-18(4,23)11-26-17-10-25-16(8-15(17)19(20,21)22)14-5-6-24-13(3)7-14/h5-8,10,12H,9,11,23H2,1-4H3/t18-/m1/s1. The van der Waals surface area contributed by atoms with Crippen LogP contribution in [-0.2, 0) is 6.18 Å². The number of aryl methyl sites for hydroxylation is 1. The second kappa shape index (κ2) is 7.61. The molecule has 0 aliphatic rings. The highest BCUT2D eigenvalue weighted by molar-refractivity contribution is 5.61. The number of hydrogen-bond donors (Lipinski definition) is 1. The SMILES string of the molecule is Cc1cc(-c2cc(C(F)(F)F)c(OC[C@](C)(N)CC(C)C)cn2)ccn1. The summed E-state index contributed by atoms with van der Waals surface area (Å²) >= 11 is 0. The first kappa shape index (κ1) is 20.2. The molecule has 2 rings (SSSR count). The van der Waals surface area contributed by atoms with Gasteiger partial charge in [0, 0.05) is 23.0 Å². The largest absolute Gasteiger partial charge is 0.489 e. The molecule has 2 N–H and O–H groups in total. The molecule has 142 valence electrons. The van der Waals surface area contributed by atoms with Gasteiger partial charge >= 0.3 is 6.18 Å². The maximum absolute atomic E-state index is 13.5. The average Bonchev–Trinajstić information content (AvgIpc) is 2.51. The molecule has 0 bridgehead atoms. The number of alkyl halides is 3. The fourth-order valence-electron chi connectivity index (χ4n) is 2.88. The van der Waals surface area contributed by atoms with Crippen molar-refractivity contribution < 1.29 is 17.9 Å². The van der Waals surface area contributed by atoms with Gasteiger partial charge in [0.15, 0.2) is 0 Å². The third kappa shape index (κ3) is 5.42. The summed E-state index contributed by atoms with van der Waals surface area (Å²) in [7, 11) is 0. The Morgan fingerprint density at radius 3 is 2.46 bits per heavy atom. The molecule has 0 aliphatic heterocycles. The fourth-order valence-corrected chi connectivity index (χ4v) is 2.88. The van der Waals surface area contributed by atoms with Gasteiger partial charge in [-0.1, -0.05) is 13.8 Å². The quantitative estimate of drug-likeness (QED) is 0.810. The van der Waals surface area contributed by atoms with Crippen LogP contribution in [0.5, 0.6) is 5.75 Å². The minimum atomic E-state index is -4.56. The summed E-state index contributed by atoms with van der Waals surface area (Å²) < 4.78 is 45.9. The van der Waals surface area contributed by atoms with Gasteiger partial charge in [-0.05, 0) is 44.4 Å². The van der Waals surface area contributed by atoms with Crippen LogP contribution in [0.3, 0.4) is 0 Å². The lowest BCUT2D eigenvalue weighted by Gasteiger charge is -2.27. The first-order chi connectivity index (χ1) is 12.0. The molecule has 7 heteroatoms. The molecular formula is C19H24F3N3O. The summed E-state index contributed by atoms with van der Waals surface area (Å²) in [5.74, 6) is -0.00132. The van der Waals surface area contributed by atoms with E-state index in [1.165, 1.54) is 6.20 Å². The molecular weight excluding hydrogens is 343 g/mol. The summed E-state index contributed by atoms with van der Waals surface area (Å²) in [6.45, 7) is 7.51. The van der Waals surface area contributed by atoms with Crippen LogP contribution in [0.4, 0.5) is 13.2 Å². The fraction of sp³-hybridized carbons (Fsp3) is 0.474. The van der Waals surface area contributed by atoms with Crippen molar-refractivity contribution in [1.82, 2.24) is 9.97 Å². The monoisotopic (exact) mass is 367 g/mol. The molecule has 4 nitrogen and oxygen atoms in total. The summed E-state index contributed by atoms with van der Waals surface area (Å²) in [5.41, 5.74) is 6.02. The molecule has 0 unspecified atom stereocenters. The van der Waals surface area contributed by atoms with E-state index < -0.39 is 17.3 Å². The van der Waals surface area contributed by atoms with Crippen molar-refractivity contribution >= 4 is 0 Å². The number of nitrogens with two attached hydrogens (primary N) is 1. The van der Waals surface area contributed by atoms with Crippen molar-refractivity contribution in [1.29, 1.82) is 0 Å². The zero-order valence-corrected chi connectivity index (χ0v) is 15.4.